The summed E-state index contributed by atoms with van der Waals surface area (Å²) in [6.45, 7) is 3.90. The normalized spacial score (nSPS) is 10.1. The van der Waals surface area contributed by atoms with E-state index in [0.717, 1.165) is 17.7 Å². The highest BCUT2D eigenvalue weighted by atomic mass is 16.1. The minimum Gasteiger partial charge on any atom is -0.325 e. The lowest BCUT2D eigenvalue weighted by Gasteiger charge is -2.06. The SMILES string of the molecule is CCc1ccc(-c2cc(C)[nH]c(=O)c2C#N)cc1. The molecule has 0 amide bonds. The second kappa shape index (κ2) is 4.89. The van der Waals surface area contributed by atoms with Crippen LogP contribution in [0.25, 0.3) is 11.1 Å². The molecule has 0 fully saturated rings. The van der Waals surface area contributed by atoms with Crippen LogP contribution in [0, 0.1) is 18.3 Å². The first-order valence-corrected chi connectivity index (χ1v) is 5.89. The summed E-state index contributed by atoms with van der Waals surface area (Å²) in [5, 5.41) is 9.08. The lowest BCUT2D eigenvalue weighted by Crippen LogP contribution is -2.12. The van der Waals surface area contributed by atoms with E-state index in [1.54, 1.807) is 0 Å². The number of benzene rings is 1. The maximum Gasteiger partial charge on any atom is 0.266 e. The number of hydrogen-bond acceptors (Lipinski definition) is 2. The average Bonchev–Trinajstić information content (AvgIpc) is 2.38. The molecule has 1 aromatic carbocycles. The van der Waals surface area contributed by atoms with E-state index in [4.69, 9.17) is 5.26 Å². The molecule has 0 unspecified atom stereocenters. The Hall–Kier alpha value is -2.34. The lowest BCUT2D eigenvalue weighted by molar-refractivity contribution is 1.13. The van der Waals surface area contributed by atoms with Crippen molar-refractivity contribution in [2.24, 2.45) is 0 Å². The second-order valence-electron chi connectivity index (χ2n) is 4.23. The highest BCUT2D eigenvalue weighted by molar-refractivity contribution is 5.70. The van der Waals surface area contributed by atoms with Crippen LogP contribution >= 0.6 is 0 Å². The van der Waals surface area contributed by atoms with Gasteiger partial charge in [-0.15, -0.1) is 0 Å². The van der Waals surface area contributed by atoms with Gasteiger partial charge in [-0.2, -0.15) is 5.26 Å². The van der Waals surface area contributed by atoms with Crippen molar-refractivity contribution in [3.63, 3.8) is 0 Å². The van der Waals surface area contributed by atoms with Gasteiger partial charge in [0.15, 0.2) is 0 Å². The van der Waals surface area contributed by atoms with Gasteiger partial charge in [-0.05, 0) is 30.5 Å². The van der Waals surface area contributed by atoms with Gasteiger partial charge in [0.1, 0.15) is 11.6 Å². The first-order chi connectivity index (χ1) is 8.65. The number of nitrogens with one attached hydrogen (secondary N) is 1. The van der Waals surface area contributed by atoms with E-state index in [-0.39, 0.29) is 11.1 Å². The molecule has 1 heterocycles. The summed E-state index contributed by atoms with van der Waals surface area (Å²) in [5.41, 5.74) is 3.43. The van der Waals surface area contributed by atoms with Crippen molar-refractivity contribution in [2.75, 3.05) is 0 Å². The zero-order valence-electron chi connectivity index (χ0n) is 10.4. The number of aromatic amines is 1. The molecule has 0 saturated carbocycles. The Morgan fingerprint density at radius 1 is 1.28 bits per heavy atom. The molecule has 3 heteroatoms. The Morgan fingerprint density at radius 3 is 2.50 bits per heavy atom. The number of aryl methyl sites for hydroxylation is 2. The molecular weight excluding hydrogens is 224 g/mol. The molecule has 0 spiro atoms. The molecule has 18 heavy (non-hydrogen) atoms. The standard InChI is InChI=1S/C15H14N2O/c1-3-11-4-6-12(7-5-11)13-8-10(2)17-15(18)14(13)9-16/h4-8H,3H2,1-2H3,(H,17,18). The van der Waals surface area contributed by atoms with Crippen LogP contribution in [0.2, 0.25) is 0 Å². The molecule has 1 aromatic heterocycles. The van der Waals surface area contributed by atoms with Crippen LogP contribution in [0.5, 0.6) is 0 Å². The van der Waals surface area contributed by atoms with Crippen molar-refractivity contribution < 1.29 is 0 Å². The second-order valence-corrected chi connectivity index (χ2v) is 4.23. The first-order valence-electron chi connectivity index (χ1n) is 5.89. The van der Waals surface area contributed by atoms with E-state index in [2.05, 4.69) is 11.9 Å². The van der Waals surface area contributed by atoms with Gasteiger partial charge in [0.2, 0.25) is 0 Å². The van der Waals surface area contributed by atoms with Crippen molar-refractivity contribution in [1.29, 1.82) is 5.26 Å². The Labute approximate surface area is 106 Å². The average molecular weight is 238 g/mol. The molecule has 0 aliphatic carbocycles. The van der Waals surface area contributed by atoms with Gasteiger partial charge in [-0.3, -0.25) is 4.79 Å². The summed E-state index contributed by atoms with van der Waals surface area (Å²) in [4.78, 5) is 14.4. The van der Waals surface area contributed by atoms with Crippen LogP contribution in [-0.4, -0.2) is 4.98 Å². The number of pyridine rings is 1. The summed E-state index contributed by atoms with van der Waals surface area (Å²) in [5.74, 6) is 0. The van der Waals surface area contributed by atoms with Crippen molar-refractivity contribution in [1.82, 2.24) is 4.98 Å². The first kappa shape index (κ1) is 12.1. The van der Waals surface area contributed by atoms with Gasteiger partial charge in [-0.25, -0.2) is 0 Å². The monoisotopic (exact) mass is 238 g/mol. The van der Waals surface area contributed by atoms with Gasteiger partial charge in [-0.1, -0.05) is 31.2 Å². The summed E-state index contributed by atoms with van der Waals surface area (Å²) >= 11 is 0. The number of rotatable bonds is 2. The highest BCUT2D eigenvalue weighted by Gasteiger charge is 2.09. The van der Waals surface area contributed by atoms with Gasteiger partial charge >= 0.3 is 0 Å². The fraction of sp³-hybridized carbons (Fsp3) is 0.200. The highest BCUT2D eigenvalue weighted by Crippen LogP contribution is 2.22. The fourth-order valence-electron chi connectivity index (χ4n) is 1.95. The zero-order chi connectivity index (χ0) is 13.1. The van der Waals surface area contributed by atoms with Crippen molar-refractivity contribution in [3.05, 3.63) is 57.5 Å². The van der Waals surface area contributed by atoms with E-state index >= 15 is 0 Å². The van der Waals surface area contributed by atoms with Crippen LogP contribution in [0.4, 0.5) is 0 Å². The van der Waals surface area contributed by atoms with Crippen LogP contribution in [0.15, 0.2) is 35.1 Å². The molecule has 1 N–H and O–H groups in total. The Balaban J connectivity index is 2.63. The molecule has 2 aromatic rings. The summed E-state index contributed by atoms with van der Waals surface area (Å²) in [6, 6.07) is 11.8. The topological polar surface area (TPSA) is 56.6 Å². The van der Waals surface area contributed by atoms with E-state index in [1.165, 1.54) is 5.56 Å². The van der Waals surface area contributed by atoms with Crippen LogP contribution in [-0.2, 0) is 6.42 Å². The molecular formula is C15H14N2O. The maximum absolute atomic E-state index is 11.7. The van der Waals surface area contributed by atoms with E-state index in [9.17, 15) is 4.79 Å². The molecule has 90 valence electrons. The smallest absolute Gasteiger partial charge is 0.266 e. The molecule has 3 nitrogen and oxygen atoms in total. The third-order valence-corrected chi connectivity index (χ3v) is 2.95. The Bertz CT molecular complexity index is 660. The Morgan fingerprint density at radius 2 is 1.94 bits per heavy atom. The number of aromatic nitrogens is 1. The van der Waals surface area contributed by atoms with Crippen molar-refractivity contribution in [2.45, 2.75) is 20.3 Å². The fourth-order valence-corrected chi connectivity index (χ4v) is 1.95. The number of nitriles is 1. The van der Waals surface area contributed by atoms with Crippen LogP contribution < -0.4 is 5.56 Å². The van der Waals surface area contributed by atoms with Crippen LogP contribution in [0.3, 0.4) is 0 Å². The summed E-state index contributed by atoms with van der Waals surface area (Å²) in [7, 11) is 0. The molecule has 0 saturated heterocycles. The molecule has 0 bridgehead atoms. The van der Waals surface area contributed by atoms with Gasteiger partial charge in [0.05, 0.1) is 0 Å². The van der Waals surface area contributed by atoms with Crippen LogP contribution in [0.1, 0.15) is 23.7 Å². The van der Waals surface area contributed by atoms with Gasteiger partial charge in [0.25, 0.3) is 5.56 Å². The minimum atomic E-state index is -0.327. The lowest BCUT2D eigenvalue weighted by atomic mass is 9.99. The molecule has 0 atom stereocenters. The third kappa shape index (κ3) is 2.18. The molecule has 2 rings (SSSR count). The molecule has 0 radical (unpaired) electrons. The van der Waals surface area contributed by atoms with E-state index < -0.39 is 0 Å². The molecule has 0 aliphatic heterocycles. The summed E-state index contributed by atoms with van der Waals surface area (Å²) < 4.78 is 0. The number of H-pyrrole nitrogens is 1. The van der Waals surface area contributed by atoms with Gasteiger partial charge < -0.3 is 4.98 Å². The molecule has 0 aliphatic rings. The number of hydrogen-bond donors (Lipinski definition) is 1. The largest absolute Gasteiger partial charge is 0.325 e. The van der Waals surface area contributed by atoms with Crippen molar-refractivity contribution >= 4 is 0 Å². The van der Waals surface area contributed by atoms with E-state index in [1.807, 2.05) is 43.3 Å². The van der Waals surface area contributed by atoms with E-state index in [0.29, 0.717) is 5.56 Å². The predicted molar refractivity (Wildman–Crippen MR) is 71.3 cm³/mol. The zero-order valence-corrected chi connectivity index (χ0v) is 10.4. The van der Waals surface area contributed by atoms with Gasteiger partial charge in [0, 0.05) is 11.3 Å². The minimum absolute atomic E-state index is 0.171. The summed E-state index contributed by atoms with van der Waals surface area (Å²) in [6.07, 6.45) is 0.972. The number of nitrogens with zero attached hydrogens (tertiary/aromatic N) is 1. The maximum atomic E-state index is 11.7. The Kier molecular flexibility index (Phi) is 3.29. The third-order valence-electron chi connectivity index (χ3n) is 2.95. The quantitative estimate of drug-likeness (QED) is 0.874. The predicted octanol–water partition coefficient (Wildman–Crippen LogP) is 2.78. The van der Waals surface area contributed by atoms with Crippen molar-refractivity contribution in [3.8, 4) is 17.2 Å².